The number of rotatable bonds is 4. The summed E-state index contributed by atoms with van der Waals surface area (Å²) in [6, 6.07) is 16.5. The minimum Gasteiger partial charge on any atom is -0.361 e. The summed E-state index contributed by atoms with van der Waals surface area (Å²) in [5.41, 5.74) is 5.03. The number of piperazine rings is 1. The van der Waals surface area contributed by atoms with Crippen LogP contribution < -0.4 is 5.32 Å². The number of nitrogens with one attached hydrogen (secondary N) is 2. The molecule has 8 atom stereocenters. The fraction of sp³-hybridized carbons (Fsp3) is 0.529. The van der Waals surface area contributed by atoms with Crippen LogP contribution in [0.1, 0.15) is 55.7 Å². The third-order valence-corrected chi connectivity index (χ3v) is 11.4. The number of nitrogens with zero attached hydrogens (tertiary/aromatic N) is 3. The highest BCUT2D eigenvalue weighted by atomic mass is 16.5. The van der Waals surface area contributed by atoms with Gasteiger partial charge in [0.2, 0.25) is 11.8 Å². The molecule has 220 valence electrons. The monoisotopic (exact) mass is 567 g/mol. The minimum absolute atomic E-state index is 0.0327. The van der Waals surface area contributed by atoms with Crippen molar-refractivity contribution in [3.63, 3.8) is 0 Å². The molecule has 3 unspecified atom stereocenters. The second-order valence-corrected chi connectivity index (χ2v) is 13.6. The molecule has 0 radical (unpaired) electrons. The lowest BCUT2D eigenvalue weighted by Crippen LogP contribution is -2.65. The number of piperidine rings is 1. The van der Waals surface area contributed by atoms with Crippen molar-refractivity contribution in [3.05, 3.63) is 71.4 Å². The quantitative estimate of drug-likeness (QED) is 0.504. The summed E-state index contributed by atoms with van der Waals surface area (Å²) >= 11 is 0. The summed E-state index contributed by atoms with van der Waals surface area (Å²) in [4.78, 5) is 38.0. The molecule has 5 heterocycles. The maximum Gasteiger partial charge on any atom is 0.240 e. The van der Waals surface area contributed by atoms with Crippen molar-refractivity contribution in [2.75, 3.05) is 20.1 Å². The largest absolute Gasteiger partial charge is 0.361 e. The fourth-order valence-electron chi connectivity index (χ4n) is 9.03. The van der Waals surface area contributed by atoms with Crippen LogP contribution in [-0.4, -0.2) is 87.8 Å². The van der Waals surface area contributed by atoms with Gasteiger partial charge in [0.1, 0.15) is 12.5 Å². The molecule has 8 rings (SSSR count). The molecule has 8 nitrogen and oxygen atoms in total. The Balaban J connectivity index is 1.04. The predicted octanol–water partition coefficient (Wildman–Crippen LogP) is 3.62. The Morgan fingerprint density at radius 1 is 1.17 bits per heavy atom. The van der Waals surface area contributed by atoms with E-state index in [2.05, 4.69) is 77.5 Å². The van der Waals surface area contributed by atoms with Gasteiger partial charge < -0.3 is 19.9 Å². The molecule has 0 saturated carbocycles. The van der Waals surface area contributed by atoms with E-state index in [-0.39, 0.29) is 53.5 Å². The number of benzene rings is 2. The number of amides is 2. The number of aromatic amines is 1. The smallest absolute Gasteiger partial charge is 0.240 e. The number of carbonyl (C=O) groups excluding carboxylic acids is 2. The van der Waals surface area contributed by atoms with E-state index < -0.39 is 6.23 Å². The van der Waals surface area contributed by atoms with Crippen molar-refractivity contribution in [3.8, 4) is 0 Å². The number of likely N-dealkylation sites (tertiary alicyclic amines) is 1. The number of carbonyl (C=O) groups is 2. The van der Waals surface area contributed by atoms with Gasteiger partial charge in [0.15, 0.2) is 0 Å². The highest BCUT2D eigenvalue weighted by molar-refractivity contribution is 5.89. The first-order chi connectivity index (χ1) is 20.3. The average Bonchev–Trinajstić information content (AvgIpc) is 3.71. The van der Waals surface area contributed by atoms with Gasteiger partial charge in [-0.25, -0.2) is 0 Å². The Hall–Kier alpha value is -3.20. The number of likely N-dealkylation sites (N-methyl/N-ethyl adjacent to an activating group) is 1. The van der Waals surface area contributed by atoms with Gasteiger partial charge in [-0.05, 0) is 75.8 Å². The highest BCUT2D eigenvalue weighted by Crippen LogP contribution is 2.50. The van der Waals surface area contributed by atoms with E-state index in [1.165, 1.54) is 22.0 Å². The predicted molar refractivity (Wildman–Crippen MR) is 161 cm³/mol. The van der Waals surface area contributed by atoms with Crippen molar-refractivity contribution >= 4 is 22.7 Å². The Kier molecular flexibility index (Phi) is 6.08. The summed E-state index contributed by atoms with van der Waals surface area (Å²) in [6.07, 6.45) is 5.91. The number of hydrogen-bond donors (Lipinski definition) is 2. The molecular weight excluding hydrogens is 526 g/mol. The van der Waals surface area contributed by atoms with Crippen LogP contribution in [0.15, 0.2) is 54.7 Å². The van der Waals surface area contributed by atoms with Crippen LogP contribution in [0, 0.1) is 5.92 Å². The molecule has 4 fully saturated rings. The fourth-order valence-corrected chi connectivity index (χ4v) is 9.03. The molecule has 2 amide bonds. The third kappa shape index (κ3) is 3.84. The van der Waals surface area contributed by atoms with Gasteiger partial charge in [-0.3, -0.25) is 19.4 Å². The van der Waals surface area contributed by atoms with Gasteiger partial charge in [-0.15, -0.1) is 0 Å². The van der Waals surface area contributed by atoms with Crippen molar-refractivity contribution < 1.29 is 14.3 Å². The first-order valence-corrected chi connectivity index (χ1v) is 15.7. The Morgan fingerprint density at radius 2 is 2.00 bits per heavy atom. The van der Waals surface area contributed by atoms with Crippen LogP contribution in [0.4, 0.5) is 0 Å². The van der Waals surface area contributed by atoms with Crippen molar-refractivity contribution in [2.24, 2.45) is 5.92 Å². The summed E-state index contributed by atoms with van der Waals surface area (Å²) in [7, 11) is 2.17. The molecule has 42 heavy (non-hydrogen) atoms. The van der Waals surface area contributed by atoms with Crippen molar-refractivity contribution in [1.82, 2.24) is 25.0 Å². The standard InChI is InChI=1S/C34H41N5O3/c1-20-31(42-33-27-13-8-14-38(27)32(41)28(39(20)33)15-21-9-5-4-6-10-21)36-30(40)22-16-25-24-11-7-12-26-29(24)23(18-35-26)17-34(25,2)37(3)19-22/h4-7,9-12,18,20,22,25,27-28,31,33,35H,8,13-17,19H2,1-3H3,(H,36,40)/t20?,22-,25?,27+,28+,31+,33?,34-/m1/s1. The maximum absolute atomic E-state index is 14.0. The van der Waals surface area contributed by atoms with E-state index in [1.807, 2.05) is 23.1 Å². The van der Waals surface area contributed by atoms with Crippen LogP contribution in [0.5, 0.6) is 0 Å². The third-order valence-electron chi connectivity index (χ3n) is 11.4. The molecule has 4 saturated heterocycles. The van der Waals surface area contributed by atoms with Gasteiger partial charge in [-0.1, -0.05) is 42.5 Å². The number of aromatic nitrogens is 1. The van der Waals surface area contributed by atoms with Gasteiger partial charge >= 0.3 is 0 Å². The molecule has 2 N–H and O–H groups in total. The van der Waals surface area contributed by atoms with Gasteiger partial charge in [0.05, 0.1) is 24.0 Å². The van der Waals surface area contributed by atoms with Gasteiger partial charge in [-0.2, -0.15) is 0 Å². The second kappa shape index (κ2) is 9.66. The van der Waals surface area contributed by atoms with E-state index in [9.17, 15) is 9.59 Å². The average molecular weight is 568 g/mol. The lowest BCUT2D eigenvalue weighted by atomic mass is 9.64. The molecule has 2 aromatic carbocycles. The summed E-state index contributed by atoms with van der Waals surface area (Å²) in [5, 5.41) is 4.68. The zero-order valence-corrected chi connectivity index (χ0v) is 24.8. The molecule has 4 aliphatic heterocycles. The molecule has 0 bridgehead atoms. The molecule has 3 aromatic rings. The van der Waals surface area contributed by atoms with E-state index in [0.29, 0.717) is 13.0 Å². The van der Waals surface area contributed by atoms with E-state index in [1.54, 1.807) is 0 Å². The summed E-state index contributed by atoms with van der Waals surface area (Å²) in [6.45, 7) is 5.98. The van der Waals surface area contributed by atoms with Crippen LogP contribution in [0.25, 0.3) is 10.9 Å². The Bertz CT molecular complexity index is 1540. The minimum atomic E-state index is -0.446. The van der Waals surface area contributed by atoms with Crippen LogP contribution in [0.3, 0.4) is 0 Å². The lowest BCUT2D eigenvalue weighted by Gasteiger charge is -2.53. The Labute approximate surface area is 247 Å². The molecule has 1 aromatic heterocycles. The second-order valence-electron chi connectivity index (χ2n) is 13.6. The summed E-state index contributed by atoms with van der Waals surface area (Å²) < 4.78 is 6.69. The molecule has 0 spiro atoms. The maximum atomic E-state index is 14.0. The Morgan fingerprint density at radius 3 is 2.83 bits per heavy atom. The zero-order valence-electron chi connectivity index (χ0n) is 24.8. The van der Waals surface area contributed by atoms with E-state index in [4.69, 9.17) is 4.74 Å². The van der Waals surface area contributed by atoms with Crippen molar-refractivity contribution in [2.45, 2.75) is 88.0 Å². The highest BCUT2D eigenvalue weighted by Gasteiger charge is 2.57. The van der Waals surface area contributed by atoms with Crippen LogP contribution in [-0.2, 0) is 27.2 Å². The molecule has 5 aliphatic rings. The van der Waals surface area contributed by atoms with Crippen molar-refractivity contribution in [1.29, 1.82) is 0 Å². The van der Waals surface area contributed by atoms with E-state index >= 15 is 0 Å². The van der Waals surface area contributed by atoms with Gasteiger partial charge in [0.25, 0.3) is 0 Å². The molecule has 8 heteroatoms. The zero-order chi connectivity index (χ0) is 28.7. The van der Waals surface area contributed by atoms with E-state index in [0.717, 1.165) is 37.8 Å². The normalized spacial score (nSPS) is 36.1. The first-order valence-electron chi connectivity index (χ1n) is 15.7. The molecule has 1 aliphatic carbocycles. The number of fused-ring (bicyclic) bond motifs is 5. The number of H-pyrrole nitrogens is 1. The summed E-state index contributed by atoms with van der Waals surface area (Å²) in [5.74, 6) is 0.389. The molecular formula is C34H41N5O3. The number of ether oxygens (including phenoxy) is 1. The lowest BCUT2D eigenvalue weighted by molar-refractivity contribution is -0.160. The SMILES string of the molecule is CC1[C@@H](NC(=O)[C@@H]2CC3c4cccc5[nH]cc(c45)C[C@@]3(C)N(C)C2)OC2[C@@H]3CCCN3C(=O)[C@H](Cc3ccccc3)N12. The van der Waals surface area contributed by atoms with Crippen LogP contribution in [0.2, 0.25) is 0 Å². The topological polar surface area (TPSA) is 80.9 Å². The van der Waals surface area contributed by atoms with Crippen LogP contribution >= 0.6 is 0 Å². The number of hydrogen-bond acceptors (Lipinski definition) is 5. The first kappa shape index (κ1) is 26.4. The van der Waals surface area contributed by atoms with Gasteiger partial charge in [0, 0.05) is 41.6 Å².